The first kappa shape index (κ1) is 14.6. The summed E-state index contributed by atoms with van der Waals surface area (Å²) in [5, 5.41) is 0. The molecule has 0 radical (unpaired) electrons. The van der Waals surface area contributed by atoms with Crippen molar-refractivity contribution in [3.05, 3.63) is 64.2 Å². The predicted molar refractivity (Wildman–Crippen MR) is 78.6 cm³/mol. The van der Waals surface area contributed by atoms with E-state index in [0.29, 0.717) is 0 Å². The number of halogens is 1. The minimum Gasteiger partial charge on any atom is -0.271 e. The van der Waals surface area contributed by atoms with Crippen molar-refractivity contribution in [3.8, 4) is 0 Å². The summed E-state index contributed by atoms with van der Waals surface area (Å²) in [6, 6.07) is 7.26. The molecule has 2 rings (SSSR count). The number of nitrogens with zero attached hydrogens (tertiary/aromatic N) is 1. The van der Waals surface area contributed by atoms with Crippen molar-refractivity contribution in [1.82, 2.24) is 10.4 Å². The van der Waals surface area contributed by atoms with Crippen LogP contribution in [0.4, 0.5) is 4.39 Å². The van der Waals surface area contributed by atoms with Gasteiger partial charge in [-0.25, -0.2) is 4.39 Å². The molecule has 0 spiro atoms. The second-order valence-corrected chi connectivity index (χ2v) is 5.20. The van der Waals surface area contributed by atoms with Crippen LogP contribution in [0.2, 0.25) is 0 Å². The van der Waals surface area contributed by atoms with E-state index in [1.165, 1.54) is 34.5 Å². The standard InChI is InChI=1S/C16H20FN3/c1-10-6-11(2)14(12(3)7-10)8-16(20-18)15-5-4-13(17)9-19-15/h4-7,9,16,20H,8,18H2,1-3H3. The van der Waals surface area contributed by atoms with Crippen LogP contribution in [-0.4, -0.2) is 4.98 Å². The second-order valence-electron chi connectivity index (χ2n) is 5.20. The van der Waals surface area contributed by atoms with E-state index in [-0.39, 0.29) is 11.9 Å². The van der Waals surface area contributed by atoms with Gasteiger partial charge in [0.2, 0.25) is 0 Å². The topological polar surface area (TPSA) is 50.9 Å². The fourth-order valence-electron chi connectivity index (χ4n) is 2.58. The van der Waals surface area contributed by atoms with Gasteiger partial charge in [0.05, 0.1) is 17.9 Å². The fourth-order valence-corrected chi connectivity index (χ4v) is 2.58. The van der Waals surface area contributed by atoms with Gasteiger partial charge < -0.3 is 0 Å². The van der Waals surface area contributed by atoms with Gasteiger partial charge in [-0.3, -0.25) is 16.3 Å². The van der Waals surface area contributed by atoms with Crippen molar-refractivity contribution >= 4 is 0 Å². The Morgan fingerprint density at radius 1 is 1.20 bits per heavy atom. The Morgan fingerprint density at radius 3 is 2.35 bits per heavy atom. The van der Waals surface area contributed by atoms with Crippen molar-refractivity contribution in [3.63, 3.8) is 0 Å². The van der Waals surface area contributed by atoms with Crippen LogP contribution in [0, 0.1) is 26.6 Å². The molecule has 4 heteroatoms. The molecule has 0 aliphatic carbocycles. The maximum Gasteiger partial charge on any atom is 0.141 e. The van der Waals surface area contributed by atoms with E-state index in [1.54, 1.807) is 6.07 Å². The highest BCUT2D eigenvalue weighted by Gasteiger charge is 2.15. The molecule has 106 valence electrons. The van der Waals surface area contributed by atoms with Crippen molar-refractivity contribution in [2.45, 2.75) is 33.2 Å². The lowest BCUT2D eigenvalue weighted by Gasteiger charge is -2.19. The van der Waals surface area contributed by atoms with E-state index in [0.717, 1.165) is 12.1 Å². The average molecular weight is 273 g/mol. The lowest BCUT2D eigenvalue weighted by Crippen LogP contribution is -2.30. The zero-order valence-electron chi connectivity index (χ0n) is 12.1. The first-order chi connectivity index (χ1) is 9.51. The molecule has 1 aromatic carbocycles. The summed E-state index contributed by atoms with van der Waals surface area (Å²) in [7, 11) is 0. The highest BCUT2D eigenvalue weighted by atomic mass is 19.1. The molecule has 0 aliphatic heterocycles. The van der Waals surface area contributed by atoms with Crippen LogP contribution in [0.5, 0.6) is 0 Å². The maximum absolute atomic E-state index is 12.9. The lowest BCUT2D eigenvalue weighted by molar-refractivity contribution is 0.531. The van der Waals surface area contributed by atoms with Crippen LogP contribution in [0.3, 0.4) is 0 Å². The number of aryl methyl sites for hydroxylation is 3. The summed E-state index contributed by atoms with van der Waals surface area (Å²) in [5.74, 6) is 5.30. The zero-order valence-corrected chi connectivity index (χ0v) is 12.1. The third-order valence-corrected chi connectivity index (χ3v) is 3.56. The van der Waals surface area contributed by atoms with E-state index >= 15 is 0 Å². The molecule has 2 aromatic rings. The van der Waals surface area contributed by atoms with E-state index in [2.05, 4.69) is 43.3 Å². The van der Waals surface area contributed by atoms with Crippen LogP contribution in [-0.2, 0) is 6.42 Å². The SMILES string of the molecule is Cc1cc(C)c(CC(NN)c2ccc(F)cn2)c(C)c1. The lowest BCUT2D eigenvalue weighted by atomic mass is 9.93. The van der Waals surface area contributed by atoms with Gasteiger partial charge in [-0.2, -0.15) is 0 Å². The Bertz CT molecular complexity index is 570. The molecule has 0 fully saturated rings. The minimum absolute atomic E-state index is 0.129. The van der Waals surface area contributed by atoms with Crippen molar-refractivity contribution in [2.24, 2.45) is 5.84 Å². The fraction of sp³-hybridized carbons (Fsp3) is 0.312. The Balaban J connectivity index is 2.29. The molecular formula is C16H20FN3. The van der Waals surface area contributed by atoms with E-state index in [4.69, 9.17) is 5.84 Å². The van der Waals surface area contributed by atoms with E-state index < -0.39 is 0 Å². The number of nitrogens with one attached hydrogen (secondary N) is 1. The molecule has 3 N–H and O–H groups in total. The predicted octanol–water partition coefficient (Wildman–Crippen LogP) is 2.89. The molecule has 20 heavy (non-hydrogen) atoms. The summed E-state index contributed by atoms with van der Waals surface area (Å²) in [5.41, 5.74) is 8.50. The molecule has 0 bridgehead atoms. The van der Waals surface area contributed by atoms with Gasteiger partial charge in [-0.05, 0) is 56.0 Å². The Hall–Kier alpha value is -1.78. The van der Waals surface area contributed by atoms with Crippen LogP contribution in [0.25, 0.3) is 0 Å². The van der Waals surface area contributed by atoms with Crippen LogP contribution in [0.15, 0.2) is 30.5 Å². The van der Waals surface area contributed by atoms with Gasteiger partial charge in [-0.1, -0.05) is 17.7 Å². The van der Waals surface area contributed by atoms with Gasteiger partial charge in [0.15, 0.2) is 0 Å². The number of rotatable bonds is 4. The highest BCUT2D eigenvalue weighted by Crippen LogP contribution is 2.23. The summed E-state index contributed by atoms with van der Waals surface area (Å²) in [4.78, 5) is 4.10. The van der Waals surface area contributed by atoms with Gasteiger partial charge in [-0.15, -0.1) is 0 Å². The number of hydrogen-bond acceptors (Lipinski definition) is 3. The molecule has 3 nitrogen and oxygen atoms in total. The Labute approximate surface area is 119 Å². The third kappa shape index (κ3) is 3.21. The molecule has 1 atom stereocenters. The first-order valence-corrected chi connectivity index (χ1v) is 6.65. The van der Waals surface area contributed by atoms with Gasteiger partial charge in [0.1, 0.15) is 5.82 Å². The number of pyridine rings is 1. The smallest absolute Gasteiger partial charge is 0.141 e. The summed E-state index contributed by atoms with van der Waals surface area (Å²) in [6.45, 7) is 6.28. The molecule has 1 unspecified atom stereocenters. The van der Waals surface area contributed by atoms with E-state index in [9.17, 15) is 4.39 Å². The third-order valence-electron chi connectivity index (χ3n) is 3.56. The molecular weight excluding hydrogens is 253 g/mol. The molecule has 0 aliphatic rings. The average Bonchev–Trinajstić information content (AvgIpc) is 2.39. The first-order valence-electron chi connectivity index (χ1n) is 6.65. The number of hydrazine groups is 1. The van der Waals surface area contributed by atoms with Gasteiger partial charge in [0.25, 0.3) is 0 Å². The molecule has 0 amide bonds. The largest absolute Gasteiger partial charge is 0.271 e. The number of hydrogen-bond donors (Lipinski definition) is 2. The maximum atomic E-state index is 12.9. The number of aromatic nitrogens is 1. The number of nitrogens with two attached hydrogens (primary N) is 1. The quantitative estimate of drug-likeness (QED) is 0.665. The van der Waals surface area contributed by atoms with Crippen LogP contribution < -0.4 is 11.3 Å². The van der Waals surface area contributed by atoms with Gasteiger partial charge in [0, 0.05) is 0 Å². The Morgan fingerprint density at radius 2 is 1.85 bits per heavy atom. The molecule has 0 saturated heterocycles. The normalized spacial score (nSPS) is 12.4. The molecule has 1 heterocycles. The van der Waals surface area contributed by atoms with Crippen molar-refractivity contribution < 1.29 is 4.39 Å². The zero-order chi connectivity index (χ0) is 14.7. The van der Waals surface area contributed by atoms with Crippen molar-refractivity contribution in [1.29, 1.82) is 0 Å². The number of benzene rings is 1. The Kier molecular flexibility index (Phi) is 4.47. The summed E-state index contributed by atoms with van der Waals surface area (Å²) >= 11 is 0. The second kappa shape index (κ2) is 6.11. The van der Waals surface area contributed by atoms with Crippen LogP contribution >= 0.6 is 0 Å². The summed E-state index contributed by atoms with van der Waals surface area (Å²) in [6.07, 6.45) is 1.95. The molecule has 1 aromatic heterocycles. The van der Waals surface area contributed by atoms with E-state index in [1.807, 2.05) is 0 Å². The molecule has 0 saturated carbocycles. The monoisotopic (exact) mass is 273 g/mol. The van der Waals surface area contributed by atoms with Crippen molar-refractivity contribution in [2.75, 3.05) is 0 Å². The van der Waals surface area contributed by atoms with Crippen LogP contribution in [0.1, 0.15) is 34.0 Å². The highest BCUT2D eigenvalue weighted by molar-refractivity contribution is 5.38. The summed E-state index contributed by atoms with van der Waals surface area (Å²) < 4.78 is 12.9. The minimum atomic E-state index is -0.341. The van der Waals surface area contributed by atoms with Gasteiger partial charge >= 0.3 is 0 Å².